The van der Waals surface area contributed by atoms with Crippen molar-refractivity contribution in [3.63, 3.8) is 0 Å². The van der Waals surface area contributed by atoms with Crippen molar-refractivity contribution >= 4 is 17.6 Å². The Morgan fingerprint density at radius 2 is 2.04 bits per heavy atom. The number of carboxylic acids is 1. The summed E-state index contributed by atoms with van der Waals surface area (Å²) in [5.74, 6) is -1.60. The van der Waals surface area contributed by atoms with Crippen LogP contribution in [0.2, 0.25) is 5.02 Å². The first-order valence-corrected chi connectivity index (χ1v) is 7.74. The third-order valence-corrected chi connectivity index (χ3v) is 3.93. The van der Waals surface area contributed by atoms with Crippen LogP contribution in [0.1, 0.15) is 12.5 Å². The minimum absolute atomic E-state index is 0.0948. The maximum atomic E-state index is 14.1. The van der Waals surface area contributed by atoms with Gasteiger partial charge < -0.3 is 14.6 Å². The van der Waals surface area contributed by atoms with Crippen molar-refractivity contribution < 1.29 is 23.8 Å². The molecule has 0 amide bonds. The third-order valence-electron chi connectivity index (χ3n) is 3.70. The Bertz CT molecular complexity index is 836. The monoisotopic (exact) mass is 369 g/mol. The van der Waals surface area contributed by atoms with Gasteiger partial charge in [0.2, 0.25) is 0 Å². The number of benzene rings is 1. The maximum Gasteiger partial charge on any atom is 0.326 e. The summed E-state index contributed by atoms with van der Waals surface area (Å²) in [6.07, 6.45) is 1.35. The zero-order chi connectivity index (χ0) is 18.6. The van der Waals surface area contributed by atoms with Gasteiger partial charge in [-0.2, -0.15) is 0 Å². The lowest BCUT2D eigenvalue weighted by molar-refractivity contribution is -0.141. The molecule has 0 bridgehead atoms. The zero-order valence-corrected chi connectivity index (χ0v) is 14.4. The molecule has 0 aliphatic heterocycles. The smallest absolute Gasteiger partial charge is 0.326 e. The topological polar surface area (TPSA) is 77.8 Å². The average Bonchev–Trinajstić information content (AvgIpc) is 2.58. The fourth-order valence-electron chi connectivity index (χ4n) is 2.46. The van der Waals surface area contributed by atoms with Crippen LogP contribution in [0.25, 0.3) is 11.1 Å². The Morgan fingerprint density at radius 1 is 1.32 bits per heavy atom. The number of aliphatic carboxylic acids is 1. The zero-order valence-electron chi connectivity index (χ0n) is 13.7. The minimum atomic E-state index is -1.18. The number of halogens is 2. The molecule has 1 atom stereocenters. The molecule has 8 heteroatoms. The van der Waals surface area contributed by atoms with E-state index in [2.05, 4.69) is 0 Å². The summed E-state index contributed by atoms with van der Waals surface area (Å²) < 4.78 is 25.3. The van der Waals surface area contributed by atoms with E-state index >= 15 is 0 Å². The van der Waals surface area contributed by atoms with Crippen LogP contribution in [-0.2, 0) is 9.53 Å². The molecule has 1 unspecified atom stereocenters. The fourth-order valence-corrected chi connectivity index (χ4v) is 2.63. The summed E-state index contributed by atoms with van der Waals surface area (Å²) in [6.45, 7) is 0.163. The Labute approximate surface area is 148 Å². The van der Waals surface area contributed by atoms with Crippen molar-refractivity contribution in [2.24, 2.45) is 0 Å². The number of ether oxygens (including phenoxy) is 2. The van der Waals surface area contributed by atoms with E-state index < -0.39 is 23.4 Å². The number of rotatable bonds is 7. The van der Waals surface area contributed by atoms with E-state index in [-0.39, 0.29) is 29.9 Å². The van der Waals surface area contributed by atoms with Crippen LogP contribution in [0, 0.1) is 5.82 Å². The first-order valence-electron chi connectivity index (χ1n) is 7.36. The second-order valence-electron chi connectivity index (χ2n) is 5.26. The Hall–Kier alpha value is -2.38. The maximum absolute atomic E-state index is 14.1. The van der Waals surface area contributed by atoms with Gasteiger partial charge in [-0.1, -0.05) is 11.6 Å². The van der Waals surface area contributed by atoms with Gasteiger partial charge in [0, 0.05) is 42.4 Å². The first-order chi connectivity index (χ1) is 11.9. The number of methoxy groups -OCH3 is 2. The number of carbonyl (C=O) groups is 1. The molecule has 6 nitrogen and oxygen atoms in total. The van der Waals surface area contributed by atoms with E-state index in [4.69, 9.17) is 21.1 Å². The van der Waals surface area contributed by atoms with Gasteiger partial charge >= 0.3 is 5.97 Å². The molecule has 0 saturated carbocycles. The second-order valence-corrected chi connectivity index (χ2v) is 5.70. The molecule has 1 heterocycles. The van der Waals surface area contributed by atoms with Gasteiger partial charge in [-0.25, -0.2) is 9.18 Å². The van der Waals surface area contributed by atoms with E-state index in [0.29, 0.717) is 5.02 Å². The van der Waals surface area contributed by atoms with Crippen LogP contribution in [0.15, 0.2) is 35.3 Å². The highest BCUT2D eigenvalue weighted by molar-refractivity contribution is 6.30. The van der Waals surface area contributed by atoms with Gasteiger partial charge in [0.1, 0.15) is 17.6 Å². The molecule has 0 radical (unpaired) electrons. The van der Waals surface area contributed by atoms with E-state index in [9.17, 15) is 19.1 Å². The normalized spacial score (nSPS) is 12.0. The molecule has 0 spiro atoms. The van der Waals surface area contributed by atoms with Crippen LogP contribution < -0.4 is 10.3 Å². The highest BCUT2D eigenvalue weighted by Crippen LogP contribution is 2.32. The largest absolute Gasteiger partial charge is 0.495 e. The molecular formula is C17H17ClFNO5. The summed E-state index contributed by atoms with van der Waals surface area (Å²) in [5, 5.41) is 9.67. The molecule has 2 aromatic rings. The molecule has 0 aliphatic rings. The summed E-state index contributed by atoms with van der Waals surface area (Å²) >= 11 is 5.90. The van der Waals surface area contributed by atoms with Crippen molar-refractivity contribution in [3.8, 4) is 16.9 Å². The van der Waals surface area contributed by atoms with Crippen LogP contribution in [0.3, 0.4) is 0 Å². The lowest BCUT2D eigenvalue weighted by atomic mass is 10.0. The van der Waals surface area contributed by atoms with Crippen molar-refractivity contribution in [2.75, 3.05) is 20.8 Å². The minimum Gasteiger partial charge on any atom is -0.495 e. The predicted octanol–water partition coefficient (Wildman–Crippen LogP) is 2.98. The molecule has 0 fully saturated rings. The van der Waals surface area contributed by atoms with Crippen LogP contribution >= 0.6 is 11.6 Å². The number of carboxylic acid groups (broad SMARTS) is 1. The Balaban J connectivity index is 2.60. The molecular weight excluding hydrogens is 353 g/mol. The highest BCUT2D eigenvalue weighted by Gasteiger charge is 2.23. The lowest BCUT2D eigenvalue weighted by Gasteiger charge is -2.18. The summed E-state index contributed by atoms with van der Waals surface area (Å²) in [4.78, 5) is 23.9. The van der Waals surface area contributed by atoms with E-state index in [1.165, 1.54) is 38.6 Å². The average molecular weight is 370 g/mol. The summed E-state index contributed by atoms with van der Waals surface area (Å²) in [5.41, 5.74) is -0.310. The molecule has 1 N–H and O–H groups in total. The lowest BCUT2D eigenvalue weighted by Crippen LogP contribution is -2.30. The molecule has 1 aromatic heterocycles. The second kappa shape index (κ2) is 8.13. The molecule has 1 aromatic carbocycles. The van der Waals surface area contributed by atoms with Gasteiger partial charge in [0.25, 0.3) is 5.56 Å². The predicted molar refractivity (Wildman–Crippen MR) is 90.8 cm³/mol. The first kappa shape index (κ1) is 19.0. The van der Waals surface area contributed by atoms with Gasteiger partial charge in [0.05, 0.1) is 13.3 Å². The number of hydrogen-bond acceptors (Lipinski definition) is 4. The van der Waals surface area contributed by atoms with E-state index in [1.54, 1.807) is 0 Å². The van der Waals surface area contributed by atoms with Gasteiger partial charge in [-0.05, 0) is 18.2 Å². The molecule has 25 heavy (non-hydrogen) atoms. The number of hydrogen-bond donors (Lipinski definition) is 1. The van der Waals surface area contributed by atoms with Gasteiger partial charge in [-0.3, -0.25) is 9.36 Å². The van der Waals surface area contributed by atoms with Crippen molar-refractivity contribution in [1.29, 1.82) is 0 Å². The van der Waals surface area contributed by atoms with Crippen molar-refractivity contribution in [3.05, 3.63) is 51.7 Å². The van der Waals surface area contributed by atoms with Crippen LogP contribution in [0.4, 0.5) is 4.39 Å². The summed E-state index contributed by atoms with van der Waals surface area (Å²) in [7, 11) is 2.79. The molecule has 2 rings (SSSR count). The van der Waals surface area contributed by atoms with Gasteiger partial charge in [-0.15, -0.1) is 0 Å². The van der Waals surface area contributed by atoms with Crippen LogP contribution in [-0.4, -0.2) is 36.5 Å². The quantitative estimate of drug-likeness (QED) is 0.811. The number of aromatic nitrogens is 1. The highest BCUT2D eigenvalue weighted by atomic mass is 35.5. The van der Waals surface area contributed by atoms with E-state index in [1.807, 2.05) is 0 Å². The number of pyridine rings is 1. The standard InChI is InChI=1S/C17H17ClFNO5/c1-24-6-5-14(17(22)23)20-9-15(25-2)12(8-16(20)21)11-7-10(18)3-4-13(11)19/h3-4,7-9,14H,5-6H2,1-2H3,(H,22,23). The van der Waals surface area contributed by atoms with Crippen molar-refractivity contribution in [1.82, 2.24) is 4.57 Å². The SMILES string of the molecule is COCCC(C(=O)O)n1cc(OC)c(-c2cc(Cl)ccc2F)cc1=O. The third kappa shape index (κ3) is 4.18. The Morgan fingerprint density at radius 3 is 2.64 bits per heavy atom. The molecule has 0 aliphatic carbocycles. The number of nitrogens with zero attached hydrogens (tertiary/aromatic N) is 1. The van der Waals surface area contributed by atoms with E-state index in [0.717, 1.165) is 10.6 Å². The van der Waals surface area contributed by atoms with Gasteiger partial charge in [0.15, 0.2) is 0 Å². The van der Waals surface area contributed by atoms with Crippen LogP contribution in [0.5, 0.6) is 5.75 Å². The fraction of sp³-hybridized carbons (Fsp3) is 0.294. The molecule has 0 saturated heterocycles. The molecule has 134 valence electrons. The summed E-state index contributed by atoms with van der Waals surface area (Å²) in [6, 6.07) is 3.95. The Kier molecular flexibility index (Phi) is 6.17. The van der Waals surface area contributed by atoms with Crippen molar-refractivity contribution in [2.45, 2.75) is 12.5 Å².